The monoisotopic (exact) mass is 237 g/mol. The maximum absolute atomic E-state index is 9.40. The Balaban J connectivity index is 2.19. The number of aliphatic hydroxyl groups excluding tert-OH is 1. The Morgan fingerprint density at radius 1 is 1.24 bits per heavy atom. The molecule has 0 amide bonds. The number of nitrogens with one attached hydrogen (secondary N) is 1. The molecule has 94 valence electrons. The van der Waals surface area contributed by atoms with Crippen LogP contribution in [0.4, 0.5) is 0 Å². The summed E-state index contributed by atoms with van der Waals surface area (Å²) in [6, 6.07) is 6.05. The molecule has 0 saturated carbocycles. The first-order valence-electron chi connectivity index (χ1n) is 5.97. The van der Waals surface area contributed by atoms with Gasteiger partial charge in [0.15, 0.2) is 11.5 Å². The van der Waals surface area contributed by atoms with Crippen LogP contribution >= 0.6 is 0 Å². The van der Waals surface area contributed by atoms with Crippen LogP contribution in [0.5, 0.6) is 11.5 Å². The van der Waals surface area contributed by atoms with Crippen molar-refractivity contribution in [1.82, 2.24) is 5.32 Å². The number of ether oxygens (including phenoxy) is 2. The summed E-state index contributed by atoms with van der Waals surface area (Å²) < 4.78 is 11.0. The highest BCUT2D eigenvalue weighted by atomic mass is 16.6. The number of rotatable bonds is 4. The predicted molar refractivity (Wildman–Crippen MR) is 65.5 cm³/mol. The zero-order chi connectivity index (χ0) is 12.3. The molecule has 1 unspecified atom stereocenters. The number of fused-ring (bicyclic) bond motifs is 1. The second-order valence-electron chi connectivity index (χ2n) is 4.46. The van der Waals surface area contributed by atoms with Gasteiger partial charge in [0.1, 0.15) is 13.2 Å². The number of benzene rings is 1. The molecule has 1 aromatic carbocycles. The van der Waals surface area contributed by atoms with Crippen LogP contribution in [0.1, 0.15) is 25.5 Å². The van der Waals surface area contributed by atoms with Crippen LogP contribution in [0.3, 0.4) is 0 Å². The maximum Gasteiger partial charge on any atom is 0.161 e. The zero-order valence-corrected chi connectivity index (χ0v) is 10.3. The molecule has 2 rings (SSSR count). The van der Waals surface area contributed by atoms with Gasteiger partial charge in [-0.15, -0.1) is 0 Å². The fraction of sp³-hybridized carbons (Fsp3) is 0.538. The van der Waals surface area contributed by atoms with Crippen molar-refractivity contribution in [1.29, 1.82) is 0 Å². The third kappa shape index (κ3) is 2.90. The molecule has 1 aliphatic heterocycles. The van der Waals surface area contributed by atoms with Crippen LogP contribution in [-0.4, -0.2) is 31.0 Å². The lowest BCUT2D eigenvalue weighted by Crippen LogP contribution is -2.30. The third-order valence-electron chi connectivity index (χ3n) is 2.69. The molecule has 1 aliphatic rings. The van der Waals surface area contributed by atoms with Gasteiger partial charge in [0.25, 0.3) is 0 Å². The molecule has 4 nitrogen and oxygen atoms in total. The highest BCUT2D eigenvalue weighted by Crippen LogP contribution is 2.32. The van der Waals surface area contributed by atoms with Gasteiger partial charge in [-0.2, -0.15) is 0 Å². The Kier molecular flexibility index (Phi) is 3.86. The summed E-state index contributed by atoms with van der Waals surface area (Å²) in [4.78, 5) is 0. The molecule has 4 heteroatoms. The van der Waals surface area contributed by atoms with Crippen LogP contribution < -0.4 is 14.8 Å². The van der Waals surface area contributed by atoms with Gasteiger partial charge in [0, 0.05) is 6.04 Å². The Hall–Kier alpha value is -1.26. The van der Waals surface area contributed by atoms with Crippen LogP contribution in [0, 0.1) is 0 Å². The lowest BCUT2D eigenvalue weighted by atomic mass is 10.1. The van der Waals surface area contributed by atoms with Crippen LogP contribution in [0.2, 0.25) is 0 Å². The van der Waals surface area contributed by atoms with Crippen LogP contribution in [0.25, 0.3) is 0 Å². The van der Waals surface area contributed by atoms with Crippen molar-refractivity contribution < 1.29 is 14.6 Å². The molecule has 17 heavy (non-hydrogen) atoms. The van der Waals surface area contributed by atoms with E-state index in [1.165, 1.54) is 0 Å². The quantitative estimate of drug-likeness (QED) is 0.833. The Morgan fingerprint density at radius 2 is 1.94 bits per heavy atom. The van der Waals surface area contributed by atoms with Gasteiger partial charge in [-0.05, 0) is 17.7 Å². The van der Waals surface area contributed by atoms with Gasteiger partial charge < -0.3 is 19.9 Å². The molecular weight excluding hydrogens is 218 g/mol. The molecule has 0 radical (unpaired) electrons. The van der Waals surface area contributed by atoms with Crippen molar-refractivity contribution in [2.24, 2.45) is 0 Å². The van der Waals surface area contributed by atoms with E-state index in [1.807, 2.05) is 18.2 Å². The van der Waals surface area contributed by atoms with Gasteiger partial charge in [0.05, 0.1) is 12.6 Å². The summed E-state index contributed by atoms with van der Waals surface area (Å²) in [6.45, 7) is 5.36. The van der Waals surface area contributed by atoms with Crippen molar-refractivity contribution >= 4 is 0 Å². The minimum Gasteiger partial charge on any atom is -0.486 e. The first-order chi connectivity index (χ1) is 8.20. The average molecular weight is 237 g/mol. The van der Waals surface area contributed by atoms with E-state index in [0.717, 1.165) is 17.1 Å². The molecule has 0 aromatic heterocycles. The molecular formula is C13H19NO3. The van der Waals surface area contributed by atoms with Crippen molar-refractivity contribution in [3.8, 4) is 11.5 Å². The smallest absolute Gasteiger partial charge is 0.161 e. The summed E-state index contributed by atoms with van der Waals surface area (Å²) in [7, 11) is 0. The van der Waals surface area contributed by atoms with Crippen molar-refractivity contribution in [3.05, 3.63) is 23.8 Å². The molecule has 0 spiro atoms. The van der Waals surface area contributed by atoms with Crippen molar-refractivity contribution in [2.75, 3.05) is 19.8 Å². The summed E-state index contributed by atoms with van der Waals surface area (Å²) in [6.07, 6.45) is 0. The van der Waals surface area contributed by atoms with E-state index in [2.05, 4.69) is 19.2 Å². The van der Waals surface area contributed by atoms with E-state index >= 15 is 0 Å². The highest BCUT2D eigenvalue weighted by Gasteiger charge is 2.16. The minimum absolute atomic E-state index is 0.0640. The standard InChI is InChI=1S/C13H19NO3/c1-9(2)14-11(8-15)10-3-4-12-13(7-10)17-6-5-16-12/h3-4,7,9,11,14-15H,5-6,8H2,1-2H3. The molecule has 0 bridgehead atoms. The Morgan fingerprint density at radius 3 is 2.59 bits per heavy atom. The number of aliphatic hydroxyl groups is 1. The lowest BCUT2D eigenvalue weighted by Gasteiger charge is -2.23. The SMILES string of the molecule is CC(C)NC(CO)c1ccc2c(c1)OCCO2. The van der Waals surface area contributed by atoms with E-state index in [9.17, 15) is 5.11 Å². The first-order valence-corrected chi connectivity index (χ1v) is 5.97. The van der Waals surface area contributed by atoms with Gasteiger partial charge in [-0.1, -0.05) is 19.9 Å². The fourth-order valence-corrected chi connectivity index (χ4v) is 1.93. The second-order valence-corrected chi connectivity index (χ2v) is 4.46. The largest absolute Gasteiger partial charge is 0.486 e. The van der Waals surface area contributed by atoms with Crippen molar-refractivity contribution in [3.63, 3.8) is 0 Å². The molecule has 2 N–H and O–H groups in total. The topological polar surface area (TPSA) is 50.7 Å². The summed E-state index contributed by atoms with van der Waals surface area (Å²) in [5.41, 5.74) is 1.02. The normalized spacial score (nSPS) is 16.0. The van der Waals surface area contributed by atoms with E-state index in [-0.39, 0.29) is 12.6 Å². The average Bonchev–Trinajstić information content (AvgIpc) is 2.35. The maximum atomic E-state index is 9.40. The van der Waals surface area contributed by atoms with E-state index in [4.69, 9.17) is 9.47 Å². The molecule has 1 aromatic rings. The summed E-state index contributed by atoms with van der Waals surface area (Å²) in [5, 5.41) is 12.7. The van der Waals surface area contributed by atoms with Gasteiger partial charge in [-0.25, -0.2) is 0 Å². The van der Waals surface area contributed by atoms with Crippen LogP contribution in [-0.2, 0) is 0 Å². The van der Waals surface area contributed by atoms with Crippen molar-refractivity contribution in [2.45, 2.75) is 25.9 Å². The number of hydrogen-bond acceptors (Lipinski definition) is 4. The van der Waals surface area contributed by atoms with Gasteiger partial charge >= 0.3 is 0 Å². The number of hydrogen-bond donors (Lipinski definition) is 2. The van der Waals surface area contributed by atoms with Gasteiger partial charge in [0.2, 0.25) is 0 Å². The van der Waals surface area contributed by atoms with Crippen LogP contribution in [0.15, 0.2) is 18.2 Å². The molecule has 0 aliphatic carbocycles. The lowest BCUT2D eigenvalue weighted by molar-refractivity contribution is 0.170. The molecule has 0 saturated heterocycles. The highest BCUT2D eigenvalue weighted by molar-refractivity contribution is 5.44. The Labute approximate surface area is 102 Å². The molecule has 1 heterocycles. The summed E-state index contributed by atoms with van der Waals surface area (Å²) in [5.74, 6) is 1.54. The molecule has 0 fully saturated rings. The first kappa shape index (κ1) is 12.2. The zero-order valence-electron chi connectivity index (χ0n) is 10.3. The minimum atomic E-state index is -0.0640. The van der Waals surface area contributed by atoms with E-state index in [0.29, 0.717) is 19.3 Å². The second kappa shape index (κ2) is 5.38. The van der Waals surface area contributed by atoms with E-state index < -0.39 is 0 Å². The predicted octanol–water partition coefficient (Wildman–Crippen LogP) is 1.49. The summed E-state index contributed by atoms with van der Waals surface area (Å²) >= 11 is 0. The fourth-order valence-electron chi connectivity index (χ4n) is 1.93. The Bertz CT molecular complexity index is 379. The molecule has 1 atom stereocenters. The third-order valence-corrected chi connectivity index (χ3v) is 2.69. The van der Waals surface area contributed by atoms with E-state index in [1.54, 1.807) is 0 Å². The van der Waals surface area contributed by atoms with Gasteiger partial charge in [-0.3, -0.25) is 0 Å².